The summed E-state index contributed by atoms with van der Waals surface area (Å²) in [7, 11) is 3.40. The molecule has 14 heavy (non-hydrogen) atoms. The Hall–Kier alpha value is -0.160. The molecule has 0 aromatic rings. The Morgan fingerprint density at radius 1 is 0.571 bits per heavy atom. The van der Waals surface area contributed by atoms with Gasteiger partial charge >= 0.3 is 0 Å². The van der Waals surface area contributed by atoms with Gasteiger partial charge in [-0.1, -0.05) is 0 Å². The molecule has 0 saturated carbocycles. The van der Waals surface area contributed by atoms with Crippen molar-refractivity contribution < 1.29 is 19.2 Å². The van der Waals surface area contributed by atoms with Crippen LogP contribution < -0.4 is 0 Å². The molecule has 0 aromatic carbocycles. The minimum absolute atomic E-state index is 0.646. The number of rotatable bonds is 11. The molecule has 0 unspecified atom stereocenters. The highest BCUT2D eigenvalue weighted by molar-refractivity contribution is 4.36. The lowest BCUT2D eigenvalue weighted by atomic mass is 10.3. The van der Waals surface area contributed by atoms with Gasteiger partial charge in [0.2, 0.25) is 0 Å². The monoisotopic (exact) mass is 206 g/mol. The smallest absolute Gasteiger partial charge is 0.0823 e. The number of hydrogen-bond donors (Lipinski definition) is 0. The Morgan fingerprint density at radius 2 is 0.929 bits per heavy atom. The van der Waals surface area contributed by atoms with Gasteiger partial charge in [-0.2, -0.15) is 0 Å². The van der Waals surface area contributed by atoms with Gasteiger partial charge in [-0.25, -0.2) is 9.78 Å². The van der Waals surface area contributed by atoms with Gasteiger partial charge in [0.15, 0.2) is 0 Å². The molecule has 0 aromatic heterocycles. The molecule has 4 heteroatoms. The predicted molar refractivity (Wildman–Crippen MR) is 54.1 cm³/mol. The normalized spacial score (nSPS) is 10.7. The summed E-state index contributed by atoms with van der Waals surface area (Å²) >= 11 is 0. The van der Waals surface area contributed by atoms with Crippen LogP contribution in [-0.2, 0) is 19.2 Å². The second-order valence-electron chi connectivity index (χ2n) is 3.04. The molecule has 0 N–H and O–H groups in total. The molecule has 0 aliphatic heterocycles. The fourth-order valence-corrected chi connectivity index (χ4v) is 0.933. The van der Waals surface area contributed by atoms with Gasteiger partial charge in [-0.05, 0) is 25.7 Å². The molecular formula is C10H22O4. The van der Waals surface area contributed by atoms with E-state index >= 15 is 0 Å². The second-order valence-corrected chi connectivity index (χ2v) is 3.04. The van der Waals surface area contributed by atoms with Crippen molar-refractivity contribution in [2.45, 2.75) is 25.7 Å². The minimum Gasteiger partial charge on any atom is -0.385 e. The molecule has 0 amide bonds. The summed E-state index contributed by atoms with van der Waals surface area (Å²) in [5.41, 5.74) is 0. The Morgan fingerprint density at radius 3 is 1.29 bits per heavy atom. The topological polar surface area (TPSA) is 36.9 Å². The van der Waals surface area contributed by atoms with Crippen LogP contribution in [0.25, 0.3) is 0 Å². The maximum atomic E-state index is 4.96. The molecule has 0 radical (unpaired) electrons. The van der Waals surface area contributed by atoms with Crippen molar-refractivity contribution >= 4 is 0 Å². The average molecular weight is 206 g/mol. The molecular weight excluding hydrogens is 184 g/mol. The standard InChI is InChI=1S/C10H22O4/c1-11-7-3-5-9-13-14-10-6-4-8-12-2/h3-10H2,1-2H3. The van der Waals surface area contributed by atoms with Crippen LogP contribution in [0.1, 0.15) is 25.7 Å². The molecule has 0 atom stereocenters. The van der Waals surface area contributed by atoms with Crippen molar-refractivity contribution in [2.24, 2.45) is 0 Å². The van der Waals surface area contributed by atoms with Gasteiger partial charge < -0.3 is 9.47 Å². The first-order valence-corrected chi connectivity index (χ1v) is 5.14. The van der Waals surface area contributed by atoms with Gasteiger partial charge in [0.1, 0.15) is 0 Å². The molecule has 0 rings (SSSR count). The molecule has 0 aliphatic carbocycles. The summed E-state index contributed by atoms with van der Waals surface area (Å²) in [6.45, 7) is 2.87. The molecule has 0 spiro atoms. The zero-order valence-corrected chi connectivity index (χ0v) is 9.29. The summed E-state index contributed by atoms with van der Waals surface area (Å²) < 4.78 is 9.81. The SMILES string of the molecule is COCCCCOOCCCCOC. The van der Waals surface area contributed by atoms with E-state index in [1.165, 1.54) is 0 Å². The molecule has 0 heterocycles. The van der Waals surface area contributed by atoms with E-state index in [4.69, 9.17) is 19.2 Å². The van der Waals surface area contributed by atoms with Crippen LogP contribution >= 0.6 is 0 Å². The van der Waals surface area contributed by atoms with E-state index in [0.717, 1.165) is 38.9 Å². The van der Waals surface area contributed by atoms with Gasteiger partial charge in [-0.3, -0.25) is 0 Å². The van der Waals surface area contributed by atoms with Crippen molar-refractivity contribution in [1.82, 2.24) is 0 Å². The summed E-state index contributed by atoms with van der Waals surface area (Å²) in [4.78, 5) is 9.93. The molecule has 86 valence electrons. The van der Waals surface area contributed by atoms with E-state index in [9.17, 15) is 0 Å². The van der Waals surface area contributed by atoms with E-state index in [2.05, 4.69) is 0 Å². The molecule has 0 saturated heterocycles. The van der Waals surface area contributed by atoms with Gasteiger partial charge in [0.05, 0.1) is 13.2 Å². The maximum Gasteiger partial charge on any atom is 0.0823 e. The van der Waals surface area contributed by atoms with E-state index < -0.39 is 0 Å². The average Bonchev–Trinajstić information content (AvgIpc) is 2.21. The highest BCUT2D eigenvalue weighted by Gasteiger charge is 1.91. The summed E-state index contributed by atoms with van der Waals surface area (Å²) in [5.74, 6) is 0. The van der Waals surface area contributed by atoms with Crippen molar-refractivity contribution in [1.29, 1.82) is 0 Å². The maximum absolute atomic E-state index is 4.96. The van der Waals surface area contributed by atoms with Crippen LogP contribution in [0.15, 0.2) is 0 Å². The Kier molecular flexibility index (Phi) is 12.7. The van der Waals surface area contributed by atoms with Crippen LogP contribution in [0.5, 0.6) is 0 Å². The first-order valence-electron chi connectivity index (χ1n) is 5.14. The highest BCUT2D eigenvalue weighted by atomic mass is 17.2. The highest BCUT2D eigenvalue weighted by Crippen LogP contribution is 1.94. The van der Waals surface area contributed by atoms with E-state index in [1.807, 2.05) is 0 Å². The Labute approximate surface area is 86.4 Å². The van der Waals surface area contributed by atoms with Crippen molar-refractivity contribution in [3.63, 3.8) is 0 Å². The first-order chi connectivity index (χ1) is 6.91. The zero-order chi connectivity index (χ0) is 10.5. The third-order valence-corrected chi connectivity index (χ3v) is 1.74. The van der Waals surface area contributed by atoms with E-state index in [0.29, 0.717) is 13.2 Å². The number of hydrogen-bond acceptors (Lipinski definition) is 4. The lowest BCUT2D eigenvalue weighted by Crippen LogP contribution is -2.01. The molecule has 4 nitrogen and oxygen atoms in total. The number of ether oxygens (including phenoxy) is 2. The lowest BCUT2D eigenvalue weighted by molar-refractivity contribution is -0.295. The lowest BCUT2D eigenvalue weighted by Gasteiger charge is -2.03. The van der Waals surface area contributed by atoms with Crippen LogP contribution in [-0.4, -0.2) is 40.6 Å². The van der Waals surface area contributed by atoms with Crippen molar-refractivity contribution in [3.05, 3.63) is 0 Å². The Balaban J connectivity index is 2.78. The van der Waals surface area contributed by atoms with Crippen LogP contribution in [0, 0.1) is 0 Å². The fraction of sp³-hybridized carbons (Fsp3) is 1.00. The van der Waals surface area contributed by atoms with Crippen LogP contribution in [0.2, 0.25) is 0 Å². The number of methoxy groups -OCH3 is 2. The summed E-state index contributed by atoms with van der Waals surface area (Å²) in [6, 6.07) is 0. The molecule has 0 aliphatic rings. The zero-order valence-electron chi connectivity index (χ0n) is 9.29. The van der Waals surface area contributed by atoms with E-state index in [1.54, 1.807) is 14.2 Å². The minimum atomic E-state index is 0.646. The largest absolute Gasteiger partial charge is 0.385 e. The molecule has 0 fully saturated rings. The third kappa shape index (κ3) is 11.8. The van der Waals surface area contributed by atoms with E-state index in [-0.39, 0.29) is 0 Å². The second kappa shape index (κ2) is 12.8. The Bertz CT molecular complexity index is 86.1. The molecule has 0 bridgehead atoms. The summed E-state index contributed by atoms with van der Waals surface area (Å²) in [6.07, 6.45) is 3.99. The van der Waals surface area contributed by atoms with Gasteiger partial charge in [-0.15, -0.1) is 0 Å². The first kappa shape index (κ1) is 13.8. The third-order valence-electron chi connectivity index (χ3n) is 1.74. The van der Waals surface area contributed by atoms with Crippen molar-refractivity contribution in [2.75, 3.05) is 40.6 Å². The van der Waals surface area contributed by atoms with Crippen molar-refractivity contribution in [3.8, 4) is 0 Å². The number of unbranched alkanes of at least 4 members (excludes halogenated alkanes) is 2. The quantitative estimate of drug-likeness (QED) is 0.293. The van der Waals surface area contributed by atoms with Gasteiger partial charge in [0, 0.05) is 27.4 Å². The summed E-state index contributed by atoms with van der Waals surface area (Å²) in [5, 5.41) is 0. The fourth-order valence-electron chi connectivity index (χ4n) is 0.933. The van der Waals surface area contributed by atoms with Gasteiger partial charge in [0.25, 0.3) is 0 Å². The van der Waals surface area contributed by atoms with Crippen LogP contribution in [0.3, 0.4) is 0 Å². The van der Waals surface area contributed by atoms with Crippen LogP contribution in [0.4, 0.5) is 0 Å². The predicted octanol–water partition coefficient (Wildman–Crippen LogP) is 1.79.